The lowest BCUT2D eigenvalue weighted by Gasteiger charge is -2.02. The van der Waals surface area contributed by atoms with E-state index in [-0.39, 0.29) is 0 Å². The molecule has 0 fully saturated rings. The SMILES string of the molecule is C[C@@H](O)COCC#CCN(C)C. The molecular weight excluding hydrogens is 154 g/mol. The highest BCUT2D eigenvalue weighted by Gasteiger charge is 1.91. The molecule has 0 aliphatic heterocycles. The van der Waals surface area contributed by atoms with Crippen molar-refractivity contribution in [2.24, 2.45) is 0 Å². The molecule has 0 bridgehead atoms. The van der Waals surface area contributed by atoms with E-state index in [0.717, 1.165) is 6.54 Å². The van der Waals surface area contributed by atoms with Gasteiger partial charge >= 0.3 is 0 Å². The predicted octanol–water partition coefficient (Wildman–Crippen LogP) is -0.0512. The Morgan fingerprint density at radius 1 is 1.42 bits per heavy atom. The molecule has 12 heavy (non-hydrogen) atoms. The van der Waals surface area contributed by atoms with Crippen molar-refractivity contribution in [1.82, 2.24) is 4.90 Å². The van der Waals surface area contributed by atoms with E-state index in [0.29, 0.717) is 13.2 Å². The van der Waals surface area contributed by atoms with Crippen molar-refractivity contribution in [3.05, 3.63) is 0 Å². The highest BCUT2D eigenvalue weighted by atomic mass is 16.5. The molecule has 0 aromatic rings. The van der Waals surface area contributed by atoms with Crippen LogP contribution in [-0.4, -0.2) is 50.0 Å². The summed E-state index contributed by atoms with van der Waals surface area (Å²) >= 11 is 0. The molecule has 0 saturated carbocycles. The quantitative estimate of drug-likeness (QED) is 0.475. The van der Waals surface area contributed by atoms with Gasteiger partial charge in [-0.1, -0.05) is 11.8 Å². The van der Waals surface area contributed by atoms with Crippen LogP contribution in [0.15, 0.2) is 0 Å². The Hall–Kier alpha value is -0.560. The van der Waals surface area contributed by atoms with E-state index in [1.807, 2.05) is 19.0 Å². The second-order valence-electron chi connectivity index (χ2n) is 2.96. The van der Waals surface area contributed by atoms with Crippen molar-refractivity contribution in [1.29, 1.82) is 0 Å². The number of hydrogen-bond acceptors (Lipinski definition) is 3. The summed E-state index contributed by atoms with van der Waals surface area (Å²) in [7, 11) is 3.93. The molecule has 1 atom stereocenters. The summed E-state index contributed by atoms with van der Waals surface area (Å²) in [5.74, 6) is 5.77. The minimum atomic E-state index is -0.402. The molecule has 0 aliphatic rings. The van der Waals surface area contributed by atoms with E-state index in [4.69, 9.17) is 9.84 Å². The number of rotatable bonds is 4. The molecule has 0 heterocycles. The normalized spacial score (nSPS) is 12.4. The highest BCUT2D eigenvalue weighted by molar-refractivity contribution is 5.00. The molecule has 0 amide bonds. The summed E-state index contributed by atoms with van der Waals surface area (Å²) in [5, 5.41) is 8.82. The van der Waals surface area contributed by atoms with Gasteiger partial charge in [0.05, 0.1) is 19.3 Å². The van der Waals surface area contributed by atoms with Crippen LogP contribution >= 0.6 is 0 Å². The summed E-state index contributed by atoms with van der Waals surface area (Å²) in [5.41, 5.74) is 0. The fraction of sp³-hybridized carbons (Fsp3) is 0.778. The Labute approximate surface area is 74.3 Å². The maximum absolute atomic E-state index is 8.82. The monoisotopic (exact) mass is 171 g/mol. The second-order valence-corrected chi connectivity index (χ2v) is 2.96. The van der Waals surface area contributed by atoms with Crippen LogP contribution in [0.5, 0.6) is 0 Å². The summed E-state index contributed by atoms with van der Waals surface area (Å²) in [6, 6.07) is 0. The Morgan fingerprint density at radius 2 is 2.08 bits per heavy atom. The zero-order valence-electron chi connectivity index (χ0n) is 8.00. The van der Waals surface area contributed by atoms with Crippen LogP contribution in [0.3, 0.4) is 0 Å². The largest absolute Gasteiger partial charge is 0.391 e. The van der Waals surface area contributed by atoms with Gasteiger partial charge in [-0.2, -0.15) is 0 Å². The maximum atomic E-state index is 8.82. The van der Waals surface area contributed by atoms with Gasteiger partial charge in [-0.15, -0.1) is 0 Å². The van der Waals surface area contributed by atoms with Gasteiger partial charge in [0.25, 0.3) is 0 Å². The van der Waals surface area contributed by atoms with Gasteiger partial charge in [0.15, 0.2) is 0 Å². The third kappa shape index (κ3) is 9.44. The molecule has 3 heteroatoms. The topological polar surface area (TPSA) is 32.7 Å². The lowest BCUT2D eigenvalue weighted by Crippen LogP contribution is -2.12. The molecule has 0 saturated heterocycles. The van der Waals surface area contributed by atoms with Gasteiger partial charge < -0.3 is 9.84 Å². The minimum Gasteiger partial charge on any atom is -0.391 e. The second kappa shape index (κ2) is 7.11. The minimum absolute atomic E-state index is 0.358. The van der Waals surface area contributed by atoms with Gasteiger partial charge in [0.1, 0.15) is 6.61 Å². The average molecular weight is 171 g/mol. The zero-order valence-corrected chi connectivity index (χ0v) is 8.00. The van der Waals surface area contributed by atoms with Crippen LogP contribution in [0.25, 0.3) is 0 Å². The van der Waals surface area contributed by atoms with Crippen LogP contribution in [0, 0.1) is 11.8 Å². The van der Waals surface area contributed by atoms with Crippen molar-refractivity contribution in [2.75, 3.05) is 33.9 Å². The molecule has 70 valence electrons. The van der Waals surface area contributed by atoms with Gasteiger partial charge in [0, 0.05) is 0 Å². The summed E-state index contributed by atoms with van der Waals surface area (Å²) < 4.78 is 5.03. The molecule has 0 aromatic heterocycles. The molecule has 3 nitrogen and oxygen atoms in total. The van der Waals surface area contributed by atoms with E-state index in [2.05, 4.69) is 11.8 Å². The number of nitrogens with zero attached hydrogens (tertiary/aromatic N) is 1. The predicted molar refractivity (Wildman–Crippen MR) is 48.8 cm³/mol. The lowest BCUT2D eigenvalue weighted by atomic mass is 10.4. The Morgan fingerprint density at radius 3 is 2.58 bits per heavy atom. The first-order chi connectivity index (χ1) is 5.63. The van der Waals surface area contributed by atoms with E-state index in [1.165, 1.54) is 0 Å². The molecule has 1 N–H and O–H groups in total. The first kappa shape index (κ1) is 11.4. The summed E-state index contributed by atoms with van der Waals surface area (Å²) in [6.45, 7) is 3.20. The van der Waals surface area contributed by atoms with E-state index < -0.39 is 6.10 Å². The number of ether oxygens (including phenoxy) is 1. The molecule has 0 aliphatic carbocycles. The summed E-state index contributed by atoms with van der Waals surface area (Å²) in [6.07, 6.45) is -0.402. The van der Waals surface area contributed by atoms with Crippen molar-refractivity contribution in [3.63, 3.8) is 0 Å². The maximum Gasteiger partial charge on any atom is 0.107 e. The number of aliphatic hydroxyl groups excluding tert-OH is 1. The molecule has 0 spiro atoms. The van der Waals surface area contributed by atoms with E-state index >= 15 is 0 Å². The molecular formula is C9H17NO2. The molecule has 0 radical (unpaired) electrons. The first-order valence-electron chi connectivity index (χ1n) is 3.99. The van der Waals surface area contributed by atoms with Crippen molar-refractivity contribution in [3.8, 4) is 11.8 Å². The highest BCUT2D eigenvalue weighted by Crippen LogP contribution is 1.80. The molecule has 0 unspecified atom stereocenters. The van der Waals surface area contributed by atoms with Gasteiger partial charge in [-0.05, 0) is 21.0 Å². The van der Waals surface area contributed by atoms with Gasteiger partial charge in [0.2, 0.25) is 0 Å². The zero-order chi connectivity index (χ0) is 9.40. The lowest BCUT2D eigenvalue weighted by molar-refractivity contribution is 0.0621. The smallest absolute Gasteiger partial charge is 0.107 e. The number of aliphatic hydroxyl groups is 1. The third-order valence-corrected chi connectivity index (χ3v) is 1.05. The summed E-state index contributed by atoms with van der Waals surface area (Å²) in [4.78, 5) is 1.99. The van der Waals surface area contributed by atoms with Crippen LogP contribution in [0.4, 0.5) is 0 Å². The van der Waals surface area contributed by atoms with Crippen LogP contribution < -0.4 is 0 Å². The van der Waals surface area contributed by atoms with Crippen LogP contribution in [0.2, 0.25) is 0 Å². The fourth-order valence-electron chi connectivity index (χ4n) is 0.546. The standard InChI is InChI=1S/C9H17NO2/c1-9(11)8-12-7-5-4-6-10(2)3/h9,11H,6-8H2,1-3H3/t9-/m1/s1. The fourth-order valence-corrected chi connectivity index (χ4v) is 0.546. The van der Waals surface area contributed by atoms with Crippen molar-refractivity contribution < 1.29 is 9.84 Å². The van der Waals surface area contributed by atoms with Crippen molar-refractivity contribution in [2.45, 2.75) is 13.0 Å². The van der Waals surface area contributed by atoms with Gasteiger partial charge in [-0.3, -0.25) is 4.90 Å². The third-order valence-electron chi connectivity index (χ3n) is 1.05. The van der Waals surface area contributed by atoms with E-state index in [1.54, 1.807) is 6.92 Å². The van der Waals surface area contributed by atoms with Gasteiger partial charge in [-0.25, -0.2) is 0 Å². The number of hydrogen-bond donors (Lipinski definition) is 1. The average Bonchev–Trinajstić information content (AvgIpc) is 1.95. The molecule has 0 aromatic carbocycles. The first-order valence-corrected chi connectivity index (χ1v) is 3.99. The Bertz CT molecular complexity index is 156. The van der Waals surface area contributed by atoms with Crippen LogP contribution in [-0.2, 0) is 4.74 Å². The molecule has 0 rings (SSSR count). The Balaban J connectivity index is 3.22. The van der Waals surface area contributed by atoms with Crippen LogP contribution in [0.1, 0.15) is 6.92 Å². The van der Waals surface area contributed by atoms with Crippen molar-refractivity contribution >= 4 is 0 Å². The van der Waals surface area contributed by atoms with E-state index in [9.17, 15) is 0 Å². The Kier molecular flexibility index (Phi) is 6.78.